The molecule has 0 saturated carbocycles. The fraction of sp³-hybridized carbons (Fsp3) is 0.250. The van der Waals surface area contributed by atoms with E-state index in [0.717, 1.165) is 17.9 Å². The van der Waals surface area contributed by atoms with Crippen LogP contribution in [0.3, 0.4) is 0 Å². The largest absolute Gasteiger partial charge is 0.369 e. The first-order chi connectivity index (χ1) is 8.29. The third-order valence-electron chi connectivity index (χ3n) is 2.36. The van der Waals surface area contributed by atoms with E-state index in [1.54, 1.807) is 18.5 Å². The highest BCUT2D eigenvalue weighted by molar-refractivity contribution is 5.52. The monoisotopic (exact) mass is 227 g/mol. The van der Waals surface area contributed by atoms with Gasteiger partial charge in [-0.1, -0.05) is 0 Å². The van der Waals surface area contributed by atoms with Crippen LogP contribution in [0, 0.1) is 18.3 Å². The molecule has 2 heterocycles. The van der Waals surface area contributed by atoms with Gasteiger partial charge in [-0.05, 0) is 19.1 Å². The van der Waals surface area contributed by atoms with Crippen molar-refractivity contribution in [2.24, 2.45) is 0 Å². The molecule has 0 unspecified atom stereocenters. The Kier molecular flexibility index (Phi) is 3.36. The predicted octanol–water partition coefficient (Wildman–Crippen LogP) is 1.64. The molecule has 17 heavy (non-hydrogen) atoms. The zero-order valence-electron chi connectivity index (χ0n) is 9.57. The lowest BCUT2D eigenvalue weighted by atomic mass is 10.2. The zero-order valence-corrected chi connectivity index (χ0v) is 9.57. The van der Waals surface area contributed by atoms with Crippen LogP contribution in [0.25, 0.3) is 0 Å². The van der Waals surface area contributed by atoms with Crippen molar-refractivity contribution in [2.75, 3.05) is 11.9 Å². The summed E-state index contributed by atoms with van der Waals surface area (Å²) < 4.78 is 0. The summed E-state index contributed by atoms with van der Waals surface area (Å²) in [6.45, 7) is 2.59. The molecule has 0 radical (unpaired) electrons. The third kappa shape index (κ3) is 2.82. The molecule has 5 nitrogen and oxygen atoms in total. The van der Waals surface area contributed by atoms with E-state index in [4.69, 9.17) is 5.26 Å². The fourth-order valence-corrected chi connectivity index (χ4v) is 1.52. The number of nitrogens with zero attached hydrogens (tertiary/aromatic N) is 3. The first-order valence-electron chi connectivity index (χ1n) is 5.39. The van der Waals surface area contributed by atoms with Crippen molar-refractivity contribution < 1.29 is 0 Å². The van der Waals surface area contributed by atoms with Crippen LogP contribution in [0.15, 0.2) is 24.5 Å². The molecule has 2 aromatic heterocycles. The second-order valence-corrected chi connectivity index (χ2v) is 3.67. The van der Waals surface area contributed by atoms with Crippen molar-refractivity contribution in [3.05, 3.63) is 41.6 Å². The maximum atomic E-state index is 8.94. The van der Waals surface area contributed by atoms with E-state index in [-0.39, 0.29) is 0 Å². The SMILES string of the molecule is Cc1ccc(C#N)c(NCCc2ncc[nH]2)n1. The molecule has 0 spiro atoms. The highest BCUT2D eigenvalue weighted by Gasteiger charge is 2.03. The summed E-state index contributed by atoms with van der Waals surface area (Å²) in [7, 11) is 0. The van der Waals surface area contributed by atoms with E-state index < -0.39 is 0 Å². The number of anilines is 1. The van der Waals surface area contributed by atoms with E-state index in [1.807, 2.05) is 13.0 Å². The zero-order chi connectivity index (χ0) is 12.1. The van der Waals surface area contributed by atoms with E-state index in [2.05, 4.69) is 26.3 Å². The van der Waals surface area contributed by atoms with Gasteiger partial charge in [0.1, 0.15) is 17.7 Å². The quantitative estimate of drug-likeness (QED) is 0.832. The van der Waals surface area contributed by atoms with Crippen molar-refractivity contribution in [3.8, 4) is 6.07 Å². The van der Waals surface area contributed by atoms with Crippen LogP contribution in [0.4, 0.5) is 5.82 Å². The molecule has 0 aromatic carbocycles. The Balaban J connectivity index is 1.99. The third-order valence-corrected chi connectivity index (χ3v) is 2.36. The number of hydrogen-bond donors (Lipinski definition) is 2. The Morgan fingerprint density at radius 1 is 1.47 bits per heavy atom. The van der Waals surface area contributed by atoms with Crippen molar-refractivity contribution in [2.45, 2.75) is 13.3 Å². The average Bonchev–Trinajstić information content (AvgIpc) is 2.82. The van der Waals surface area contributed by atoms with Crippen LogP contribution < -0.4 is 5.32 Å². The number of nitrogens with one attached hydrogen (secondary N) is 2. The van der Waals surface area contributed by atoms with Crippen LogP contribution >= 0.6 is 0 Å². The Bertz CT molecular complexity index is 524. The molecule has 86 valence electrons. The summed E-state index contributed by atoms with van der Waals surface area (Å²) in [5.41, 5.74) is 1.46. The molecule has 0 atom stereocenters. The predicted molar refractivity (Wildman–Crippen MR) is 64.5 cm³/mol. The molecule has 0 aliphatic rings. The van der Waals surface area contributed by atoms with Gasteiger partial charge in [0.25, 0.3) is 0 Å². The van der Waals surface area contributed by atoms with Crippen LogP contribution in [0.5, 0.6) is 0 Å². The lowest BCUT2D eigenvalue weighted by Crippen LogP contribution is -2.09. The molecule has 0 bridgehead atoms. The molecular weight excluding hydrogens is 214 g/mol. The van der Waals surface area contributed by atoms with Crippen molar-refractivity contribution in [3.63, 3.8) is 0 Å². The van der Waals surface area contributed by atoms with E-state index in [1.165, 1.54) is 0 Å². The normalized spacial score (nSPS) is 9.88. The topological polar surface area (TPSA) is 77.4 Å². The van der Waals surface area contributed by atoms with E-state index in [0.29, 0.717) is 17.9 Å². The maximum Gasteiger partial charge on any atom is 0.144 e. The van der Waals surface area contributed by atoms with Crippen molar-refractivity contribution >= 4 is 5.82 Å². The van der Waals surface area contributed by atoms with Crippen molar-refractivity contribution in [1.29, 1.82) is 5.26 Å². The number of pyridine rings is 1. The van der Waals surface area contributed by atoms with Gasteiger partial charge in [-0.2, -0.15) is 5.26 Å². The standard InChI is InChI=1S/C12H13N5/c1-9-2-3-10(8-13)12(17-9)16-5-4-11-14-6-7-15-11/h2-3,6-7H,4-5H2,1H3,(H,14,15)(H,16,17). The van der Waals surface area contributed by atoms with Gasteiger partial charge in [-0.15, -0.1) is 0 Å². The number of H-pyrrole nitrogens is 1. The van der Waals surface area contributed by atoms with Crippen LogP contribution in [0.2, 0.25) is 0 Å². The number of rotatable bonds is 4. The Labute approximate surface area is 99.5 Å². The maximum absolute atomic E-state index is 8.94. The molecule has 2 N–H and O–H groups in total. The van der Waals surface area contributed by atoms with Gasteiger partial charge in [-0.3, -0.25) is 0 Å². The van der Waals surface area contributed by atoms with Crippen LogP contribution in [0.1, 0.15) is 17.1 Å². The molecule has 0 saturated heterocycles. The number of imidazole rings is 1. The van der Waals surface area contributed by atoms with Gasteiger partial charge < -0.3 is 10.3 Å². The highest BCUT2D eigenvalue weighted by atomic mass is 15.0. The minimum atomic E-state index is 0.565. The lowest BCUT2D eigenvalue weighted by molar-refractivity contribution is 0.919. The van der Waals surface area contributed by atoms with Crippen LogP contribution in [-0.4, -0.2) is 21.5 Å². The van der Waals surface area contributed by atoms with Gasteiger partial charge in [0.05, 0.1) is 5.56 Å². The Morgan fingerprint density at radius 3 is 3.06 bits per heavy atom. The molecule has 0 fully saturated rings. The first kappa shape index (κ1) is 11.1. The molecule has 0 aliphatic carbocycles. The summed E-state index contributed by atoms with van der Waals surface area (Å²) in [5, 5.41) is 12.1. The van der Waals surface area contributed by atoms with E-state index >= 15 is 0 Å². The smallest absolute Gasteiger partial charge is 0.144 e. The number of aromatic amines is 1. The molecule has 0 amide bonds. The number of hydrogen-bond acceptors (Lipinski definition) is 4. The van der Waals surface area contributed by atoms with Gasteiger partial charge in [0.2, 0.25) is 0 Å². The molecule has 5 heteroatoms. The van der Waals surface area contributed by atoms with Gasteiger partial charge in [0.15, 0.2) is 0 Å². The average molecular weight is 227 g/mol. The number of aryl methyl sites for hydroxylation is 1. The Hall–Kier alpha value is -2.35. The summed E-state index contributed by atoms with van der Waals surface area (Å²) >= 11 is 0. The fourth-order valence-electron chi connectivity index (χ4n) is 1.52. The summed E-state index contributed by atoms with van der Waals surface area (Å²) in [6, 6.07) is 5.72. The molecular formula is C12H13N5. The highest BCUT2D eigenvalue weighted by Crippen LogP contribution is 2.11. The molecule has 0 aliphatic heterocycles. The lowest BCUT2D eigenvalue weighted by Gasteiger charge is -2.06. The number of nitriles is 1. The van der Waals surface area contributed by atoms with Crippen LogP contribution in [-0.2, 0) is 6.42 Å². The minimum Gasteiger partial charge on any atom is -0.369 e. The minimum absolute atomic E-state index is 0.565. The van der Waals surface area contributed by atoms with Gasteiger partial charge in [-0.25, -0.2) is 9.97 Å². The molecule has 2 aromatic rings. The number of aromatic nitrogens is 3. The summed E-state index contributed by atoms with van der Waals surface area (Å²) in [4.78, 5) is 11.5. The first-order valence-corrected chi connectivity index (χ1v) is 5.39. The molecule has 2 rings (SSSR count). The Morgan fingerprint density at radius 2 is 2.35 bits per heavy atom. The van der Waals surface area contributed by atoms with Gasteiger partial charge in [0, 0.05) is 31.1 Å². The summed E-state index contributed by atoms with van der Waals surface area (Å²) in [6.07, 6.45) is 4.29. The van der Waals surface area contributed by atoms with E-state index in [9.17, 15) is 0 Å². The second kappa shape index (κ2) is 5.12. The second-order valence-electron chi connectivity index (χ2n) is 3.67. The van der Waals surface area contributed by atoms with Gasteiger partial charge >= 0.3 is 0 Å². The summed E-state index contributed by atoms with van der Waals surface area (Å²) in [5.74, 6) is 1.56. The van der Waals surface area contributed by atoms with Crippen molar-refractivity contribution in [1.82, 2.24) is 15.0 Å².